The largest absolute Gasteiger partial charge is 0.354 e. The fraction of sp³-hybridized carbons (Fsp3) is 0.300. The predicted octanol–water partition coefficient (Wildman–Crippen LogP) is 3.98. The summed E-state index contributed by atoms with van der Waals surface area (Å²) < 4.78 is 0. The van der Waals surface area contributed by atoms with Crippen molar-refractivity contribution in [3.8, 4) is 0 Å². The number of halogens is 1. The average Bonchev–Trinajstić information content (AvgIpc) is 2.93. The van der Waals surface area contributed by atoms with Crippen molar-refractivity contribution in [1.82, 2.24) is 16.0 Å². The van der Waals surface area contributed by atoms with Crippen LogP contribution < -0.4 is 16.0 Å². The van der Waals surface area contributed by atoms with Crippen LogP contribution >= 0.6 is 15.9 Å². The number of alkyl halides is 1. The van der Waals surface area contributed by atoms with Crippen LogP contribution in [0, 0.1) is 0 Å². The number of carbonyl (C=O) groups is 3. The molecular weight excluding hydrogens is 530 g/mol. The van der Waals surface area contributed by atoms with Gasteiger partial charge in [0.05, 0.1) is 4.83 Å². The van der Waals surface area contributed by atoms with Gasteiger partial charge in [0.15, 0.2) is 6.04 Å². The van der Waals surface area contributed by atoms with Gasteiger partial charge in [0.25, 0.3) is 11.8 Å². The van der Waals surface area contributed by atoms with Crippen molar-refractivity contribution in [2.24, 2.45) is 0 Å². The lowest BCUT2D eigenvalue weighted by atomic mass is 10.1. The van der Waals surface area contributed by atoms with Gasteiger partial charge < -0.3 is 16.0 Å². The number of aryl methyl sites for hydroxylation is 2. The number of carbonyl (C=O) groups excluding carboxylic acids is 3. The zero-order valence-electron chi connectivity index (χ0n) is 20.9. The third-order valence-corrected chi connectivity index (χ3v) is 6.66. The van der Waals surface area contributed by atoms with Gasteiger partial charge in [-0.1, -0.05) is 107 Å². The highest BCUT2D eigenvalue weighted by molar-refractivity contribution is 9.10. The summed E-state index contributed by atoms with van der Waals surface area (Å²) in [5.41, 5.74) is 3.34. The molecule has 0 radical (unpaired) electrons. The molecule has 3 N–H and O–H groups in total. The topological polar surface area (TPSA) is 87.3 Å². The smallest absolute Gasteiger partial charge is 0.252 e. The molecule has 1 unspecified atom stereocenters. The van der Waals surface area contributed by atoms with E-state index >= 15 is 0 Å². The summed E-state index contributed by atoms with van der Waals surface area (Å²) in [5.74, 6) is -1.43. The summed E-state index contributed by atoms with van der Waals surface area (Å²) in [7, 11) is 0. The number of hydrogen-bond donors (Lipinski definition) is 3. The van der Waals surface area contributed by atoms with E-state index in [0.29, 0.717) is 19.5 Å². The minimum Gasteiger partial charge on any atom is -0.354 e. The summed E-state index contributed by atoms with van der Waals surface area (Å²) in [4.78, 5) is 38.2. The molecule has 0 saturated heterocycles. The summed E-state index contributed by atoms with van der Waals surface area (Å²) >= 11 is 3.41. The highest BCUT2D eigenvalue weighted by atomic mass is 79.9. The Labute approximate surface area is 227 Å². The quantitative estimate of drug-likeness (QED) is 0.157. The van der Waals surface area contributed by atoms with E-state index in [0.717, 1.165) is 31.2 Å². The SMILES string of the molecule is O=C(NC(C(=O)NCCCc1ccccc1)C(=O)NCCCc1ccccc1)C(Br)Cc1ccccc1. The molecule has 3 aromatic carbocycles. The molecule has 0 heterocycles. The first kappa shape index (κ1) is 28.1. The van der Waals surface area contributed by atoms with Crippen molar-refractivity contribution in [2.75, 3.05) is 13.1 Å². The molecule has 0 aromatic heterocycles. The van der Waals surface area contributed by atoms with Crippen molar-refractivity contribution in [2.45, 2.75) is 43.0 Å². The standard InChI is InChI=1S/C30H34BrN3O3/c31-26(22-25-16-8-3-9-17-25)28(35)34-27(29(36)32-20-10-18-23-12-4-1-5-13-23)30(37)33-21-11-19-24-14-6-2-7-15-24/h1-9,12-17,26-27H,10-11,18-22H2,(H,32,36)(H,33,37)(H,34,35). The third-order valence-electron chi connectivity index (χ3n) is 5.92. The molecule has 0 fully saturated rings. The third kappa shape index (κ3) is 10.2. The maximum atomic E-state index is 13.0. The number of nitrogens with one attached hydrogen (secondary N) is 3. The van der Waals surface area contributed by atoms with Gasteiger partial charge in [0, 0.05) is 13.1 Å². The van der Waals surface area contributed by atoms with Crippen LogP contribution in [0.2, 0.25) is 0 Å². The molecule has 6 nitrogen and oxygen atoms in total. The van der Waals surface area contributed by atoms with E-state index < -0.39 is 28.6 Å². The van der Waals surface area contributed by atoms with E-state index in [9.17, 15) is 14.4 Å². The molecule has 0 aliphatic heterocycles. The van der Waals surface area contributed by atoms with Crippen molar-refractivity contribution in [1.29, 1.82) is 0 Å². The molecule has 0 aliphatic rings. The number of rotatable bonds is 14. The molecule has 37 heavy (non-hydrogen) atoms. The summed E-state index contributed by atoms with van der Waals surface area (Å²) in [5, 5.41) is 8.27. The van der Waals surface area contributed by atoms with E-state index in [4.69, 9.17) is 0 Å². The van der Waals surface area contributed by atoms with Crippen molar-refractivity contribution in [3.05, 3.63) is 108 Å². The highest BCUT2D eigenvalue weighted by Crippen LogP contribution is 2.11. The lowest BCUT2D eigenvalue weighted by Gasteiger charge is -2.20. The average molecular weight is 565 g/mol. The summed E-state index contributed by atoms with van der Waals surface area (Å²) in [6.07, 6.45) is 3.51. The number of amides is 3. The van der Waals surface area contributed by atoms with Crippen molar-refractivity contribution < 1.29 is 14.4 Å². The van der Waals surface area contributed by atoms with Crippen LogP contribution in [-0.4, -0.2) is 41.7 Å². The minimum atomic E-state index is -1.31. The van der Waals surface area contributed by atoms with Crippen LogP contribution in [0.1, 0.15) is 29.5 Å². The molecule has 3 rings (SSSR count). The molecule has 194 valence electrons. The van der Waals surface area contributed by atoms with E-state index in [-0.39, 0.29) is 0 Å². The van der Waals surface area contributed by atoms with E-state index in [1.807, 2.05) is 91.0 Å². The molecule has 0 saturated carbocycles. The molecular formula is C30H34BrN3O3. The Morgan fingerprint density at radius 3 is 1.43 bits per heavy atom. The molecule has 7 heteroatoms. The molecule has 0 spiro atoms. The lowest BCUT2D eigenvalue weighted by Crippen LogP contribution is -2.56. The van der Waals surface area contributed by atoms with Gasteiger partial charge in [-0.2, -0.15) is 0 Å². The van der Waals surface area contributed by atoms with E-state index in [2.05, 4.69) is 31.9 Å². The molecule has 1 atom stereocenters. The van der Waals surface area contributed by atoms with Crippen molar-refractivity contribution in [3.63, 3.8) is 0 Å². The second-order valence-electron chi connectivity index (χ2n) is 8.86. The zero-order chi connectivity index (χ0) is 26.3. The van der Waals surface area contributed by atoms with E-state index in [1.165, 1.54) is 11.1 Å². The van der Waals surface area contributed by atoms with Crippen LogP contribution in [0.3, 0.4) is 0 Å². The fourth-order valence-electron chi connectivity index (χ4n) is 3.90. The Hall–Kier alpha value is -3.45. The maximum Gasteiger partial charge on any atom is 0.252 e. The van der Waals surface area contributed by atoms with Gasteiger partial charge in [-0.25, -0.2) is 0 Å². The second kappa shape index (κ2) is 15.6. The van der Waals surface area contributed by atoms with Crippen LogP contribution in [0.25, 0.3) is 0 Å². The molecule has 0 aliphatic carbocycles. The zero-order valence-corrected chi connectivity index (χ0v) is 22.5. The van der Waals surface area contributed by atoms with Gasteiger partial charge in [0.2, 0.25) is 5.91 Å². The first-order valence-electron chi connectivity index (χ1n) is 12.6. The molecule has 0 bridgehead atoms. The first-order valence-corrected chi connectivity index (χ1v) is 13.6. The lowest BCUT2D eigenvalue weighted by molar-refractivity contribution is -0.136. The Kier molecular flexibility index (Phi) is 11.9. The van der Waals surface area contributed by atoms with Crippen LogP contribution in [0.5, 0.6) is 0 Å². The Balaban J connectivity index is 1.53. The normalized spacial score (nSPS) is 11.5. The minimum absolute atomic E-state index is 0.406. The highest BCUT2D eigenvalue weighted by Gasteiger charge is 2.30. The van der Waals surface area contributed by atoms with Gasteiger partial charge in [-0.05, 0) is 48.8 Å². The Morgan fingerprint density at radius 1 is 0.595 bits per heavy atom. The molecule has 3 aromatic rings. The van der Waals surface area contributed by atoms with Gasteiger partial charge >= 0.3 is 0 Å². The first-order chi connectivity index (χ1) is 18.0. The Morgan fingerprint density at radius 2 is 1.00 bits per heavy atom. The summed E-state index contributed by atoms with van der Waals surface area (Å²) in [6, 6.07) is 28.3. The Bertz CT molecular complexity index is 1050. The van der Waals surface area contributed by atoms with E-state index in [1.54, 1.807) is 0 Å². The van der Waals surface area contributed by atoms with Gasteiger partial charge in [-0.3, -0.25) is 14.4 Å². The van der Waals surface area contributed by atoms with Gasteiger partial charge in [0.1, 0.15) is 0 Å². The van der Waals surface area contributed by atoms with Crippen LogP contribution in [0.4, 0.5) is 0 Å². The van der Waals surface area contributed by atoms with Crippen LogP contribution in [-0.2, 0) is 33.6 Å². The molecule has 3 amide bonds. The maximum absolute atomic E-state index is 13.0. The van der Waals surface area contributed by atoms with Gasteiger partial charge in [-0.15, -0.1) is 0 Å². The summed E-state index contributed by atoms with van der Waals surface area (Å²) in [6.45, 7) is 0.812. The second-order valence-corrected chi connectivity index (χ2v) is 9.96. The van der Waals surface area contributed by atoms with Crippen molar-refractivity contribution >= 4 is 33.7 Å². The number of hydrogen-bond acceptors (Lipinski definition) is 3. The van der Waals surface area contributed by atoms with Crippen LogP contribution in [0.15, 0.2) is 91.0 Å². The number of benzene rings is 3. The monoisotopic (exact) mass is 563 g/mol. The fourth-order valence-corrected chi connectivity index (χ4v) is 4.40. The predicted molar refractivity (Wildman–Crippen MR) is 150 cm³/mol.